The topological polar surface area (TPSA) is 189 Å². The third-order valence-corrected chi connectivity index (χ3v) is 5.64. The van der Waals surface area contributed by atoms with Gasteiger partial charge in [0.25, 0.3) is 0 Å². The van der Waals surface area contributed by atoms with E-state index in [1.54, 1.807) is 0 Å². The summed E-state index contributed by atoms with van der Waals surface area (Å²) in [5, 5.41) is 59.8. The molecule has 0 aliphatic carbocycles. The van der Waals surface area contributed by atoms with Crippen LogP contribution in [-0.2, 0) is 4.74 Å². The van der Waals surface area contributed by atoms with Crippen molar-refractivity contribution in [1.29, 1.82) is 0 Å². The van der Waals surface area contributed by atoms with Crippen LogP contribution in [0, 0.1) is 0 Å². The molecule has 12 nitrogen and oxygen atoms in total. The Morgan fingerprint density at radius 2 is 1.69 bits per heavy atom. The van der Waals surface area contributed by atoms with Gasteiger partial charge in [-0.3, -0.25) is 4.79 Å². The smallest absolute Gasteiger partial charge is 0.239 e. The highest BCUT2D eigenvalue weighted by atomic mass is 16.7. The average molecular weight is 492 g/mol. The van der Waals surface area contributed by atoms with Gasteiger partial charge in [0, 0.05) is 17.7 Å². The molecule has 1 saturated heterocycles. The number of rotatable bonds is 6. The van der Waals surface area contributed by atoms with E-state index >= 15 is 0 Å². The lowest BCUT2D eigenvalue weighted by molar-refractivity contribution is -0.277. The SMILES string of the molecule is COc1c(-c2ccc(O[C@H]3O[C@@H](CO)[C@H](O)[C@H](O)[C@@H]3O)c(O)c2)oc2cc(O)cc(OC)c2c1=O. The molecule has 35 heavy (non-hydrogen) atoms. The van der Waals surface area contributed by atoms with Gasteiger partial charge < -0.3 is 54.0 Å². The first kappa shape index (κ1) is 24.6. The Morgan fingerprint density at radius 3 is 2.31 bits per heavy atom. The fourth-order valence-electron chi connectivity index (χ4n) is 3.84. The second-order valence-corrected chi connectivity index (χ2v) is 7.81. The molecule has 188 valence electrons. The minimum Gasteiger partial charge on any atom is -0.508 e. The van der Waals surface area contributed by atoms with Crippen molar-refractivity contribution in [3.05, 3.63) is 40.6 Å². The summed E-state index contributed by atoms with van der Waals surface area (Å²) in [7, 11) is 2.60. The fraction of sp³-hybridized carbons (Fsp3) is 0.348. The fourth-order valence-corrected chi connectivity index (χ4v) is 3.84. The lowest BCUT2D eigenvalue weighted by atomic mass is 9.99. The largest absolute Gasteiger partial charge is 0.508 e. The Morgan fingerprint density at radius 1 is 0.943 bits per heavy atom. The lowest BCUT2D eigenvalue weighted by Crippen LogP contribution is -2.60. The van der Waals surface area contributed by atoms with Crippen molar-refractivity contribution < 1.29 is 54.0 Å². The zero-order valence-corrected chi connectivity index (χ0v) is 18.6. The number of aliphatic hydroxyl groups excluding tert-OH is 4. The summed E-state index contributed by atoms with van der Waals surface area (Å²) in [4.78, 5) is 13.1. The molecule has 0 radical (unpaired) electrons. The van der Waals surface area contributed by atoms with Gasteiger partial charge in [-0.25, -0.2) is 0 Å². The number of aromatic hydroxyl groups is 2. The Bertz CT molecular complexity index is 1280. The maximum absolute atomic E-state index is 13.1. The zero-order valence-electron chi connectivity index (χ0n) is 18.6. The summed E-state index contributed by atoms with van der Waals surface area (Å²) in [6, 6.07) is 6.41. The Labute approximate surface area is 197 Å². The van der Waals surface area contributed by atoms with Gasteiger partial charge in [-0.1, -0.05) is 0 Å². The quantitative estimate of drug-likeness (QED) is 0.272. The van der Waals surface area contributed by atoms with Crippen molar-refractivity contribution in [1.82, 2.24) is 0 Å². The van der Waals surface area contributed by atoms with Crippen molar-refractivity contribution in [2.24, 2.45) is 0 Å². The zero-order chi connectivity index (χ0) is 25.4. The van der Waals surface area contributed by atoms with Crippen molar-refractivity contribution in [2.45, 2.75) is 30.7 Å². The monoisotopic (exact) mass is 492 g/mol. The molecule has 2 heterocycles. The molecule has 4 rings (SSSR count). The minimum absolute atomic E-state index is 0.0174. The van der Waals surface area contributed by atoms with E-state index in [1.165, 1.54) is 44.6 Å². The molecule has 0 bridgehead atoms. The molecule has 0 amide bonds. The molecular weight excluding hydrogens is 468 g/mol. The van der Waals surface area contributed by atoms with Crippen LogP contribution in [0.1, 0.15) is 0 Å². The van der Waals surface area contributed by atoms with Gasteiger partial charge in [-0.15, -0.1) is 0 Å². The van der Waals surface area contributed by atoms with Gasteiger partial charge >= 0.3 is 0 Å². The number of hydrogen-bond acceptors (Lipinski definition) is 12. The highest BCUT2D eigenvalue weighted by Crippen LogP contribution is 2.39. The Kier molecular flexibility index (Phi) is 6.74. The highest BCUT2D eigenvalue weighted by molar-refractivity contribution is 5.88. The normalized spacial score (nSPS) is 24.3. The van der Waals surface area contributed by atoms with Crippen molar-refractivity contribution in [3.8, 4) is 40.1 Å². The molecule has 0 unspecified atom stereocenters. The third kappa shape index (κ3) is 4.33. The predicted octanol–water partition coefficient (Wildman–Crippen LogP) is 0.0671. The molecular formula is C23H24O12. The van der Waals surface area contributed by atoms with Gasteiger partial charge in [-0.05, 0) is 18.2 Å². The van der Waals surface area contributed by atoms with Crippen LogP contribution in [0.25, 0.3) is 22.3 Å². The summed E-state index contributed by atoms with van der Waals surface area (Å²) >= 11 is 0. The highest BCUT2D eigenvalue weighted by Gasteiger charge is 2.45. The van der Waals surface area contributed by atoms with Crippen LogP contribution in [0.15, 0.2) is 39.5 Å². The predicted molar refractivity (Wildman–Crippen MR) is 119 cm³/mol. The van der Waals surface area contributed by atoms with Gasteiger partial charge in [0.1, 0.15) is 46.9 Å². The number of methoxy groups -OCH3 is 2. The van der Waals surface area contributed by atoms with E-state index in [0.29, 0.717) is 0 Å². The molecule has 2 aromatic carbocycles. The van der Waals surface area contributed by atoms with Crippen LogP contribution in [0.5, 0.6) is 28.7 Å². The molecule has 1 aliphatic rings. The summed E-state index contributed by atoms with van der Waals surface area (Å²) in [5.74, 6) is -0.947. The molecule has 12 heteroatoms. The second-order valence-electron chi connectivity index (χ2n) is 7.81. The van der Waals surface area contributed by atoms with Gasteiger partial charge in [0.15, 0.2) is 17.3 Å². The van der Waals surface area contributed by atoms with Gasteiger partial charge in [-0.2, -0.15) is 0 Å². The second kappa shape index (κ2) is 9.60. The molecule has 1 aromatic heterocycles. The van der Waals surface area contributed by atoms with Crippen LogP contribution in [0.2, 0.25) is 0 Å². The van der Waals surface area contributed by atoms with Crippen molar-refractivity contribution >= 4 is 11.0 Å². The first-order chi connectivity index (χ1) is 16.7. The number of ether oxygens (including phenoxy) is 4. The van der Waals surface area contributed by atoms with Gasteiger partial charge in [0.2, 0.25) is 17.5 Å². The molecule has 1 aliphatic heterocycles. The van der Waals surface area contributed by atoms with Crippen molar-refractivity contribution in [3.63, 3.8) is 0 Å². The van der Waals surface area contributed by atoms with Crippen LogP contribution in [0.4, 0.5) is 0 Å². The van der Waals surface area contributed by atoms with E-state index in [0.717, 1.165) is 0 Å². The molecule has 0 spiro atoms. The van der Waals surface area contributed by atoms with Crippen molar-refractivity contribution in [2.75, 3.05) is 20.8 Å². The van der Waals surface area contributed by atoms with E-state index < -0.39 is 48.5 Å². The molecule has 1 fully saturated rings. The summed E-state index contributed by atoms with van der Waals surface area (Å²) in [6.07, 6.45) is -7.59. The maximum atomic E-state index is 13.1. The maximum Gasteiger partial charge on any atom is 0.239 e. The average Bonchev–Trinajstić information content (AvgIpc) is 2.84. The van der Waals surface area contributed by atoms with Crippen LogP contribution < -0.4 is 19.6 Å². The van der Waals surface area contributed by atoms with E-state index in [1.807, 2.05) is 0 Å². The number of aliphatic hydroxyl groups is 4. The molecule has 3 aromatic rings. The molecule has 6 N–H and O–H groups in total. The first-order valence-corrected chi connectivity index (χ1v) is 10.4. The molecule has 5 atom stereocenters. The Balaban J connectivity index is 1.72. The summed E-state index contributed by atoms with van der Waals surface area (Å²) < 4.78 is 27.0. The Hall–Kier alpha value is -3.55. The number of fused-ring (bicyclic) bond motifs is 1. The summed E-state index contributed by atoms with van der Waals surface area (Å²) in [6.45, 7) is -0.642. The van der Waals surface area contributed by atoms with E-state index in [9.17, 15) is 35.4 Å². The van der Waals surface area contributed by atoms with E-state index in [-0.39, 0.29) is 45.3 Å². The third-order valence-electron chi connectivity index (χ3n) is 5.64. The first-order valence-electron chi connectivity index (χ1n) is 10.4. The van der Waals surface area contributed by atoms with E-state index in [4.69, 9.17) is 23.4 Å². The van der Waals surface area contributed by atoms with Crippen LogP contribution in [-0.4, -0.2) is 82.2 Å². The standard InChI is InChI=1S/C23H24O12/c1-31-13-6-10(25)7-14-16(13)18(28)22(32-2)21(33-14)9-3-4-12(11(26)5-9)34-23-20(30)19(29)17(27)15(8-24)35-23/h3-7,15,17,19-20,23-27,29-30H,8H2,1-2H3/t15-,17-,19-,20-,23-/m0/s1. The van der Waals surface area contributed by atoms with Gasteiger partial charge in [0.05, 0.1) is 20.8 Å². The van der Waals surface area contributed by atoms with Crippen LogP contribution in [0.3, 0.4) is 0 Å². The lowest BCUT2D eigenvalue weighted by Gasteiger charge is -2.39. The summed E-state index contributed by atoms with van der Waals surface area (Å²) in [5.41, 5.74) is -0.340. The minimum atomic E-state index is -1.67. The van der Waals surface area contributed by atoms with E-state index in [2.05, 4.69) is 0 Å². The van der Waals surface area contributed by atoms with Crippen LogP contribution >= 0.6 is 0 Å². The number of phenols is 2. The number of phenolic OH excluding ortho intramolecular Hbond substituents is 2. The number of hydrogen-bond donors (Lipinski definition) is 6. The molecule has 0 saturated carbocycles. The number of benzene rings is 2.